The van der Waals surface area contributed by atoms with Crippen LogP contribution >= 0.6 is 0 Å². The van der Waals surface area contributed by atoms with E-state index >= 15 is 0 Å². The molecule has 0 heterocycles. The Morgan fingerprint density at radius 1 is 0.958 bits per heavy atom. The molecular formula is C17H33N3O4. The molecule has 0 bridgehead atoms. The topological polar surface area (TPSA) is 87.7 Å². The van der Waals surface area contributed by atoms with Gasteiger partial charge in [-0.25, -0.2) is 4.79 Å². The average molecular weight is 343 g/mol. The number of nitrogens with one attached hydrogen (secondary N) is 2. The maximum atomic E-state index is 12.7. The smallest absolute Gasteiger partial charge is 0.410 e. The van der Waals surface area contributed by atoms with Crippen molar-refractivity contribution in [1.82, 2.24) is 15.5 Å². The van der Waals surface area contributed by atoms with Gasteiger partial charge in [0.15, 0.2) is 0 Å². The van der Waals surface area contributed by atoms with E-state index in [0.29, 0.717) is 0 Å². The third-order valence-electron chi connectivity index (χ3n) is 3.49. The molecule has 0 unspecified atom stereocenters. The first kappa shape index (κ1) is 22.2. The lowest BCUT2D eigenvalue weighted by Crippen LogP contribution is -2.57. The van der Waals surface area contributed by atoms with Gasteiger partial charge in [0.05, 0.1) is 0 Å². The molecule has 0 aromatic heterocycles. The van der Waals surface area contributed by atoms with Crippen molar-refractivity contribution in [2.45, 2.75) is 66.2 Å². The molecule has 140 valence electrons. The van der Waals surface area contributed by atoms with Crippen molar-refractivity contribution in [3.05, 3.63) is 0 Å². The first-order valence-corrected chi connectivity index (χ1v) is 8.29. The van der Waals surface area contributed by atoms with E-state index in [1.54, 1.807) is 20.8 Å². The Labute approximate surface area is 145 Å². The second-order valence-corrected chi connectivity index (χ2v) is 7.62. The number of ether oxygens (including phenoxy) is 1. The van der Waals surface area contributed by atoms with Crippen molar-refractivity contribution in [3.63, 3.8) is 0 Å². The van der Waals surface area contributed by atoms with Crippen LogP contribution in [-0.4, -0.2) is 54.6 Å². The zero-order valence-corrected chi connectivity index (χ0v) is 16.4. The fraction of sp³-hybridized carbons (Fsp3) is 0.824. The molecule has 0 saturated carbocycles. The largest absolute Gasteiger partial charge is 0.444 e. The summed E-state index contributed by atoms with van der Waals surface area (Å²) in [4.78, 5) is 38.2. The summed E-state index contributed by atoms with van der Waals surface area (Å²) < 4.78 is 5.33. The number of hydrogen-bond donors (Lipinski definition) is 2. The van der Waals surface area contributed by atoms with Crippen LogP contribution in [0.15, 0.2) is 0 Å². The summed E-state index contributed by atoms with van der Waals surface area (Å²) in [5.41, 5.74) is -0.647. The lowest BCUT2D eigenvalue weighted by atomic mass is 9.99. The second kappa shape index (κ2) is 8.89. The zero-order valence-electron chi connectivity index (χ0n) is 16.4. The quantitative estimate of drug-likeness (QED) is 0.769. The molecule has 0 saturated heterocycles. The highest BCUT2D eigenvalue weighted by molar-refractivity contribution is 5.91. The first-order chi connectivity index (χ1) is 10.8. The van der Waals surface area contributed by atoms with Crippen LogP contribution in [-0.2, 0) is 14.3 Å². The number of carbonyl (C=O) groups excluding carboxylic acids is 3. The Bertz CT molecular complexity index is 455. The number of rotatable bonds is 6. The third-order valence-corrected chi connectivity index (χ3v) is 3.49. The van der Waals surface area contributed by atoms with Gasteiger partial charge in [-0.1, -0.05) is 27.7 Å². The highest BCUT2D eigenvalue weighted by Crippen LogP contribution is 2.16. The van der Waals surface area contributed by atoms with E-state index in [2.05, 4.69) is 10.6 Å². The van der Waals surface area contributed by atoms with Crippen molar-refractivity contribution >= 4 is 17.9 Å². The van der Waals surface area contributed by atoms with Crippen LogP contribution in [0.25, 0.3) is 0 Å². The Morgan fingerprint density at radius 3 is 1.79 bits per heavy atom. The minimum atomic E-state index is -0.731. The van der Waals surface area contributed by atoms with E-state index < -0.39 is 23.8 Å². The van der Waals surface area contributed by atoms with E-state index in [1.807, 2.05) is 27.7 Å². The van der Waals surface area contributed by atoms with Crippen molar-refractivity contribution in [2.75, 3.05) is 14.1 Å². The number of nitrogens with zero attached hydrogens (tertiary/aromatic N) is 1. The summed E-state index contributed by atoms with van der Waals surface area (Å²) in [7, 11) is 3.05. The van der Waals surface area contributed by atoms with Gasteiger partial charge in [0, 0.05) is 14.1 Å². The summed E-state index contributed by atoms with van der Waals surface area (Å²) in [5, 5.41) is 5.29. The number of carbonyl (C=O) groups is 3. The molecule has 0 aromatic carbocycles. The van der Waals surface area contributed by atoms with Gasteiger partial charge >= 0.3 is 6.09 Å². The monoisotopic (exact) mass is 343 g/mol. The van der Waals surface area contributed by atoms with Gasteiger partial charge in [0.2, 0.25) is 11.8 Å². The van der Waals surface area contributed by atoms with Gasteiger partial charge in [-0.05, 0) is 32.6 Å². The van der Waals surface area contributed by atoms with E-state index in [1.165, 1.54) is 19.0 Å². The molecule has 0 spiro atoms. The van der Waals surface area contributed by atoms with Crippen LogP contribution < -0.4 is 10.6 Å². The summed E-state index contributed by atoms with van der Waals surface area (Å²) in [5.74, 6) is -0.852. The molecule has 0 aliphatic carbocycles. The maximum absolute atomic E-state index is 12.7. The van der Waals surface area contributed by atoms with Gasteiger partial charge in [-0.2, -0.15) is 0 Å². The van der Waals surface area contributed by atoms with Crippen molar-refractivity contribution < 1.29 is 19.1 Å². The molecule has 0 aliphatic rings. The molecule has 0 aliphatic heterocycles. The van der Waals surface area contributed by atoms with Gasteiger partial charge in [0.25, 0.3) is 0 Å². The predicted molar refractivity (Wildman–Crippen MR) is 93.5 cm³/mol. The molecule has 2 atom stereocenters. The third kappa shape index (κ3) is 6.76. The van der Waals surface area contributed by atoms with Gasteiger partial charge in [0.1, 0.15) is 17.7 Å². The lowest BCUT2D eigenvalue weighted by molar-refractivity contribution is -0.133. The van der Waals surface area contributed by atoms with Gasteiger partial charge in [-0.3, -0.25) is 14.5 Å². The predicted octanol–water partition coefficient (Wildman–Crippen LogP) is 1.76. The molecule has 0 aromatic rings. The Morgan fingerprint density at radius 2 is 1.46 bits per heavy atom. The summed E-state index contributed by atoms with van der Waals surface area (Å²) in [6, 6.07) is -1.39. The minimum Gasteiger partial charge on any atom is -0.444 e. The van der Waals surface area contributed by atoms with Gasteiger partial charge < -0.3 is 15.4 Å². The van der Waals surface area contributed by atoms with E-state index in [-0.39, 0.29) is 23.7 Å². The van der Waals surface area contributed by atoms with Crippen LogP contribution in [0.3, 0.4) is 0 Å². The number of hydrogen-bond acceptors (Lipinski definition) is 4. The second-order valence-electron chi connectivity index (χ2n) is 7.62. The first-order valence-electron chi connectivity index (χ1n) is 8.29. The fourth-order valence-electron chi connectivity index (χ4n) is 2.30. The van der Waals surface area contributed by atoms with E-state index in [4.69, 9.17) is 4.74 Å². The van der Waals surface area contributed by atoms with E-state index in [0.717, 1.165) is 0 Å². The molecule has 3 amide bonds. The average Bonchev–Trinajstić information content (AvgIpc) is 2.41. The number of likely N-dealkylation sites (N-methyl/N-ethyl adjacent to an activating group) is 2. The summed E-state index contributed by atoms with van der Waals surface area (Å²) in [6.45, 7) is 12.7. The Kier molecular flexibility index (Phi) is 8.23. The van der Waals surface area contributed by atoms with Crippen molar-refractivity contribution in [3.8, 4) is 0 Å². The molecule has 0 fully saturated rings. The van der Waals surface area contributed by atoms with Crippen molar-refractivity contribution in [1.29, 1.82) is 0 Å². The van der Waals surface area contributed by atoms with Crippen LogP contribution in [0.1, 0.15) is 48.5 Å². The fourth-order valence-corrected chi connectivity index (χ4v) is 2.30. The van der Waals surface area contributed by atoms with Crippen molar-refractivity contribution in [2.24, 2.45) is 11.8 Å². The molecule has 2 N–H and O–H groups in total. The highest BCUT2D eigenvalue weighted by atomic mass is 16.6. The van der Waals surface area contributed by atoms with E-state index in [9.17, 15) is 14.4 Å². The van der Waals surface area contributed by atoms with Crippen LogP contribution in [0.5, 0.6) is 0 Å². The van der Waals surface area contributed by atoms with Crippen LogP contribution in [0.2, 0.25) is 0 Å². The maximum Gasteiger partial charge on any atom is 0.410 e. The molecule has 0 rings (SSSR count). The molecule has 24 heavy (non-hydrogen) atoms. The molecule has 0 radical (unpaired) electrons. The number of amides is 3. The normalized spacial score (nSPS) is 14.1. The Hall–Kier alpha value is -1.79. The molecule has 7 heteroatoms. The molecular weight excluding hydrogens is 310 g/mol. The van der Waals surface area contributed by atoms with Gasteiger partial charge in [-0.15, -0.1) is 0 Å². The van der Waals surface area contributed by atoms with Crippen LogP contribution in [0.4, 0.5) is 4.79 Å². The zero-order chi connectivity index (χ0) is 19.2. The summed E-state index contributed by atoms with van der Waals surface area (Å²) >= 11 is 0. The van der Waals surface area contributed by atoms with Crippen LogP contribution in [0, 0.1) is 11.8 Å². The summed E-state index contributed by atoms with van der Waals surface area (Å²) in [6.07, 6.45) is -0.572. The minimum absolute atomic E-state index is 0.0754. The SMILES string of the molecule is CNC(=O)[C@@H](NC(=O)[C@H](C(C)C)N(C)C(=O)OC(C)(C)C)C(C)C. The Balaban J connectivity index is 5.26. The molecule has 7 nitrogen and oxygen atoms in total. The standard InChI is InChI=1S/C17H33N3O4/c1-10(2)12(14(21)18-8)19-15(22)13(11(3)4)20(9)16(23)24-17(5,6)7/h10-13H,1-9H3,(H,18,21)(H,19,22)/t12-,13-/m0/s1. The lowest BCUT2D eigenvalue weighted by Gasteiger charge is -2.33. The highest BCUT2D eigenvalue weighted by Gasteiger charge is 2.35.